The van der Waals surface area contributed by atoms with E-state index < -0.39 is 0 Å². The van der Waals surface area contributed by atoms with Crippen LogP contribution in [0.4, 0.5) is 0 Å². The molecule has 2 aliphatic carbocycles. The van der Waals surface area contributed by atoms with Gasteiger partial charge in [-0.25, -0.2) is 0 Å². The second kappa shape index (κ2) is 2.75. The molecule has 0 radical (unpaired) electrons. The van der Waals surface area contributed by atoms with Gasteiger partial charge in [-0.05, 0) is 53.9 Å². The number of hydrogen-bond acceptors (Lipinski definition) is 1. The van der Waals surface area contributed by atoms with E-state index >= 15 is 0 Å². The molecule has 0 N–H and O–H groups in total. The van der Waals surface area contributed by atoms with Gasteiger partial charge in [0.1, 0.15) is 5.75 Å². The molecule has 1 aromatic rings. The van der Waals surface area contributed by atoms with Crippen LogP contribution in [0.2, 0.25) is 0 Å². The maximum absolute atomic E-state index is 5.28. The summed E-state index contributed by atoms with van der Waals surface area (Å²) in [4.78, 5) is 0. The highest BCUT2D eigenvalue weighted by molar-refractivity contribution is 5.43. The molecule has 3 rings (SSSR count). The monoisotopic (exact) mass is 188 g/mol. The Hall–Kier alpha value is -0.980. The molecule has 0 heterocycles. The van der Waals surface area contributed by atoms with Gasteiger partial charge in [0.2, 0.25) is 0 Å². The molecular weight excluding hydrogens is 172 g/mol. The highest BCUT2D eigenvalue weighted by atomic mass is 16.5. The van der Waals surface area contributed by atoms with Crippen molar-refractivity contribution in [1.29, 1.82) is 0 Å². The minimum Gasteiger partial charge on any atom is -0.497 e. The molecule has 0 spiro atoms. The first-order valence-corrected chi connectivity index (χ1v) is 5.48. The zero-order chi connectivity index (χ0) is 9.71. The molecular formula is C13H16O. The van der Waals surface area contributed by atoms with Crippen LogP contribution in [0.1, 0.15) is 30.4 Å². The summed E-state index contributed by atoms with van der Waals surface area (Å²) in [7, 11) is 1.75. The zero-order valence-corrected chi connectivity index (χ0v) is 8.79. The number of hydrogen-bond donors (Lipinski definition) is 0. The van der Waals surface area contributed by atoms with E-state index in [0.717, 1.165) is 23.5 Å². The smallest absolute Gasteiger partial charge is 0.119 e. The lowest BCUT2D eigenvalue weighted by atomic mass is 9.92. The third-order valence-corrected chi connectivity index (χ3v) is 4.02. The average molecular weight is 188 g/mol. The molecule has 0 saturated heterocycles. The first-order valence-electron chi connectivity index (χ1n) is 5.48. The van der Waals surface area contributed by atoms with Crippen LogP contribution in [0.3, 0.4) is 0 Å². The van der Waals surface area contributed by atoms with Crippen LogP contribution in [0.5, 0.6) is 5.75 Å². The van der Waals surface area contributed by atoms with Gasteiger partial charge in [0.15, 0.2) is 0 Å². The highest BCUT2D eigenvalue weighted by Crippen LogP contribution is 2.59. The number of methoxy groups -OCH3 is 1. The summed E-state index contributed by atoms with van der Waals surface area (Å²) >= 11 is 0. The molecule has 14 heavy (non-hydrogen) atoms. The summed E-state index contributed by atoms with van der Waals surface area (Å²) in [6, 6.07) is 6.58. The minimum atomic E-state index is 0.842. The Labute approximate surface area is 85.1 Å². The Balaban J connectivity index is 2.04. The summed E-state index contributed by atoms with van der Waals surface area (Å²) in [6.07, 6.45) is 2.66. The van der Waals surface area contributed by atoms with E-state index in [1.165, 1.54) is 12.8 Å². The van der Waals surface area contributed by atoms with Crippen molar-refractivity contribution in [2.24, 2.45) is 11.8 Å². The SMILES string of the molecule is COc1ccc2c(c1)C1C(C)C1CC2. The van der Waals surface area contributed by atoms with Gasteiger partial charge >= 0.3 is 0 Å². The predicted octanol–water partition coefficient (Wildman–Crippen LogP) is 2.99. The molecule has 2 aliphatic rings. The summed E-state index contributed by atoms with van der Waals surface area (Å²) in [5.74, 6) is 3.73. The van der Waals surface area contributed by atoms with Crippen molar-refractivity contribution in [1.82, 2.24) is 0 Å². The van der Waals surface area contributed by atoms with E-state index in [1.807, 2.05) is 0 Å². The van der Waals surface area contributed by atoms with Crippen LogP contribution in [-0.4, -0.2) is 7.11 Å². The fraction of sp³-hybridized carbons (Fsp3) is 0.538. The number of aryl methyl sites for hydroxylation is 1. The van der Waals surface area contributed by atoms with E-state index in [-0.39, 0.29) is 0 Å². The van der Waals surface area contributed by atoms with Crippen molar-refractivity contribution in [2.75, 3.05) is 7.11 Å². The van der Waals surface area contributed by atoms with E-state index in [1.54, 1.807) is 18.2 Å². The molecule has 0 bridgehead atoms. The van der Waals surface area contributed by atoms with E-state index in [4.69, 9.17) is 4.74 Å². The Morgan fingerprint density at radius 1 is 1.36 bits per heavy atom. The summed E-state index contributed by atoms with van der Waals surface area (Å²) in [5.41, 5.74) is 3.12. The molecule has 1 saturated carbocycles. The molecule has 3 unspecified atom stereocenters. The highest BCUT2D eigenvalue weighted by Gasteiger charge is 2.49. The van der Waals surface area contributed by atoms with Gasteiger partial charge in [-0.3, -0.25) is 0 Å². The van der Waals surface area contributed by atoms with Crippen molar-refractivity contribution < 1.29 is 4.74 Å². The van der Waals surface area contributed by atoms with Gasteiger partial charge in [0.25, 0.3) is 0 Å². The van der Waals surface area contributed by atoms with Crippen LogP contribution in [0.25, 0.3) is 0 Å². The Morgan fingerprint density at radius 2 is 2.21 bits per heavy atom. The van der Waals surface area contributed by atoms with Crippen molar-refractivity contribution >= 4 is 0 Å². The minimum absolute atomic E-state index is 0.842. The van der Waals surface area contributed by atoms with Crippen molar-refractivity contribution in [3.05, 3.63) is 29.3 Å². The molecule has 74 valence electrons. The number of fused-ring (bicyclic) bond motifs is 3. The van der Waals surface area contributed by atoms with Crippen molar-refractivity contribution in [3.8, 4) is 5.75 Å². The summed E-state index contributed by atoms with van der Waals surface area (Å²) in [5, 5.41) is 0. The second-order valence-corrected chi connectivity index (χ2v) is 4.65. The Kier molecular flexibility index (Phi) is 1.64. The topological polar surface area (TPSA) is 9.23 Å². The lowest BCUT2D eigenvalue weighted by Gasteiger charge is -2.15. The van der Waals surface area contributed by atoms with Crippen LogP contribution < -0.4 is 4.74 Å². The van der Waals surface area contributed by atoms with Crippen LogP contribution in [-0.2, 0) is 6.42 Å². The maximum Gasteiger partial charge on any atom is 0.119 e. The number of ether oxygens (including phenoxy) is 1. The van der Waals surface area contributed by atoms with E-state index in [9.17, 15) is 0 Å². The third kappa shape index (κ3) is 1.01. The lowest BCUT2D eigenvalue weighted by Crippen LogP contribution is -2.01. The Morgan fingerprint density at radius 3 is 3.00 bits per heavy atom. The Bertz CT molecular complexity index is 369. The van der Waals surface area contributed by atoms with Crippen LogP contribution in [0, 0.1) is 11.8 Å². The first-order chi connectivity index (χ1) is 6.81. The number of benzene rings is 1. The van der Waals surface area contributed by atoms with Gasteiger partial charge in [0, 0.05) is 0 Å². The first kappa shape index (κ1) is 8.34. The van der Waals surface area contributed by atoms with Gasteiger partial charge in [-0.15, -0.1) is 0 Å². The van der Waals surface area contributed by atoms with E-state index in [0.29, 0.717) is 0 Å². The molecule has 1 nitrogen and oxygen atoms in total. The molecule has 0 amide bonds. The standard InChI is InChI=1S/C13H16O/c1-8-11-6-4-9-3-5-10(14-2)7-12(9)13(8)11/h3,5,7-8,11,13H,4,6H2,1-2H3. The lowest BCUT2D eigenvalue weighted by molar-refractivity contribution is 0.413. The van der Waals surface area contributed by atoms with Crippen molar-refractivity contribution in [3.63, 3.8) is 0 Å². The van der Waals surface area contributed by atoms with E-state index in [2.05, 4.69) is 25.1 Å². The van der Waals surface area contributed by atoms with Gasteiger partial charge in [-0.2, -0.15) is 0 Å². The maximum atomic E-state index is 5.28. The molecule has 1 heteroatoms. The quantitative estimate of drug-likeness (QED) is 0.658. The van der Waals surface area contributed by atoms with Gasteiger partial charge in [-0.1, -0.05) is 13.0 Å². The summed E-state index contributed by atoms with van der Waals surface area (Å²) < 4.78 is 5.28. The average Bonchev–Trinajstić information content (AvgIpc) is 2.90. The van der Waals surface area contributed by atoms with Gasteiger partial charge in [0.05, 0.1) is 7.11 Å². The number of rotatable bonds is 1. The van der Waals surface area contributed by atoms with Gasteiger partial charge < -0.3 is 4.74 Å². The molecule has 1 aromatic carbocycles. The fourth-order valence-corrected chi connectivity index (χ4v) is 3.06. The molecule has 3 atom stereocenters. The third-order valence-electron chi connectivity index (χ3n) is 4.02. The largest absolute Gasteiger partial charge is 0.497 e. The van der Waals surface area contributed by atoms with Crippen LogP contribution >= 0.6 is 0 Å². The molecule has 1 fully saturated rings. The zero-order valence-electron chi connectivity index (χ0n) is 8.79. The predicted molar refractivity (Wildman–Crippen MR) is 56.7 cm³/mol. The molecule has 0 aliphatic heterocycles. The molecule has 0 aromatic heterocycles. The van der Waals surface area contributed by atoms with Crippen molar-refractivity contribution in [2.45, 2.75) is 25.7 Å². The second-order valence-electron chi connectivity index (χ2n) is 4.65. The fourth-order valence-electron chi connectivity index (χ4n) is 3.06. The normalized spacial score (nSPS) is 33.1. The summed E-state index contributed by atoms with van der Waals surface area (Å²) in [6.45, 7) is 2.38. The van der Waals surface area contributed by atoms with Crippen LogP contribution in [0.15, 0.2) is 18.2 Å².